The zero-order valence-corrected chi connectivity index (χ0v) is 10.5. The van der Waals surface area contributed by atoms with Crippen LogP contribution >= 0.6 is 0 Å². The fourth-order valence-corrected chi connectivity index (χ4v) is 3.10. The van der Waals surface area contributed by atoms with Crippen LogP contribution in [0.1, 0.15) is 12.8 Å². The number of carbonyl (C=O) groups excluding carboxylic acids is 3. The number of hydrogen-bond donors (Lipinski definition) is 4. The van der Waals surface area contributed by atoms with Gasteiger partial charge in [0.15, 0.2) is 11.2 Å². The summed E-state index contributed by atoms with van der Waals surface area (Å²) in [6, 6.07) is -1.10. The number of urea groups is 2. The van der Waals surface area contributed by atoms with E-state index in [0.717, 1.165) is 0 Å². The standard InChI is InChI=1S/C11H14N4O5/c16-7-10(1-5-3-19-5)11(2-6-4-20-6,14-8(17)12-7)15-9(18)13-10/h5-6H,1-4H2,(H2,13,15,18)(H2,12,14,16,17). The molecule has 4 fully saturated rings. The molecule has 0 bridgehead atoms. The number of carbonyl (C=O) groups is 3. The van der Waals surface area contributed by atoms with Gasteiger partial charge in [-0.15, -0.1) is 0 Å². The van der Waals surface area contributed by atoms with Crippen LogP contribution < -0.4 is 21.3 Å². The van der Waals surface area contributed by atoms with E-state index in [2.05, 4.69) is 21.3 Å². The van der Waals surface area contributed by atoms with Gasteiger partial charge in [-0.3, -0.25) is 10.1 Å². The van der Waals surface area contributed by atoms with Crippen molar-refractivity contribution < 1.29 is 23.9 Å². The Bertz CT molecular complexity index is 517. The van der Waals surface area contributed by atoms with Crippen LogP contribution in [0.5, 0.6) is 0 Å². The Morgan fingerprint density at radius 2 is 1.55 bits per heavy atom. The maximum absolute atomic E-state index is 12.4. The van der Waals surface area contributed by atoms with Crippen LogP contribution in [-0.4, -0.2) is 54.6 Å². The van der Waals surface area contributed by atoms with Crippen molar-refractivity contribution in [1.82, 2.24) is 21.3 Å². The molecule has 20 heavy (non-hydrogen) atoms. The number of imide groups is 1. The summed E-state index contributed by atoms with van der Waals surface area (Å²) < 4.78 is 10.4. The van der Waals surface area contributed by atoms with Gasteiger partial charge < -0.3 is 25.4 Å². The molecule has 4 aliphatic heterocycles. The molecule has 0 spiro atoms. The van der Waals surface area contributed by atoms with Gasteiger partial charge in [-0.05, 0) is 0 Å². The van der Waals surface area contributed by atoms with Crippen LogP contribution in [-0.2, 0) is 14.3 Å². The molecule has 0 saturated carbocycles. The highest BCUT2D eigenvalue weighted by atomic mass is 16.6. The molecule has 4 N–H and O–H groups in total. The third kappa shape index (κ3) is 1.59. The molecule has 0 radical (unpaired) electrons. The molecular formula is C11H14N4O5. The van der Waals surface area contributed by atoms with E-state index in [4.69, 9.17) is 9.47 Å². The summed E-state index contributed by atoms with van der Waals surface area (Å²) >= 11 is 0. The van der Waals surface area contributed by atoms with Gasteiger partial charge in [-0.2, -0.15) is 0 Å². The second-order valence-electron chi connectivity index (χ2n) is 5.62. The minimum Gasteiger partial charge on any atom is -0.373 e. The van der Waals surface area contributed by atoms with Crippen molar-refractivity contribution in [2.24, 2.45) is 0 Å². The van der Waals surface area contributed by atoms with Gasteiger partial charge in [0.1, 0.15) is 0 Å². The monoisotopic (exact) mass is 282 g/mol. The lowest BCUT2D eigenvalue weighted by atomic mass is 9.76. The fourth-order valence-electron chi connectivity index (χ4n) is 3.10. The highest BCUT2D eigenvalue weighted by Gasteiger charge is 2.68. The molecule has 108 valence electrons. The van der Waals surface area contributed by atoms with Gasteiger partial charge in [0, 0.05) is 12.8 Å². The Labute approximate surface area is 113 Å². The fraction of sp³-hybridized carbons (Fsp3) is 0.727. The average molecular weight is 282 g/mol. The highest BCUT2D eigenvalue weighted by molar-refractivity contribution is 6.07. The lowest BCUT2D eigenvalue weighted by Gasteiger charge is -2.46. The van der Waals surface area contributed by atoms with Crippen molar-refractivity contribution in [2.45, 2.75) is 36.3 Å². The van der Waals surface area contributed by atoms with Crippen molar-refractivity contribution in [3.05, 3.63) is 0 Å². The summed E-state index contributed by atoms with van der Waals surface area (Å²) in [4.78, 5) is 35.9. The quantitative estimate of drug-likeness (QED) is 0.451. The van der Waals surface area contributed by atoms with Crippen LogP contribution in [0.3, 0.4) is 0 Å². The van der Waals surface area contributed by atoms with E-state index in [1.54, 1.807) is 0 Å². The normalized spacial score (nSPS) is 44.9. The summed E-state index contributed by atoms with van der Waals surface area (Å²) in [6.45, 7) is 1.11. The number of nitrogens with one attached hydrogen (secondary N) is 4. The number of ether oxygens (including phenoxy) is 2. The maximum atomic E-state index is 12.4. The minimum atomic E-state index is -1.24. The largest absolute Gasteiger partial charge is 0.373 e. The molecule has 9 nitrogen and oxygen atoms in total. The molecule has 0 aliphatic carbocycles. The van der Waals surface area contributed by atoms with E-state index < -0.39 is 29.2 Å². The van der Waals surface area contributed by atoms with E-state index in [1.807, 2.05) is 0 Å². The number of hydrogen-bond acceptors (Lipinski definition) is 5. The first-order chi connectivity index (χ1) is 9.53. The maximum Gasteiger partial charge on any atom is 0.323 e. The summed E-state index contributed by atoms with van der Waals surface area (Å²) in [6.07, 6.45) is 0.499. The molecule has 0 aromatic carbocycles. The van der Waals surface area contributed by atoms with Gasteiger partial charge in [0.2, 0.25) is 0 Å². The molecule has 4 heterocycles. The summed E-state index contributed by atoms with van der Waals surface area (Å²) in [5.41, 5.74) is -2.41. The zero-order valence-electron chi connectivity index (χ0n) is 10.5. The molecule has 0 aromatic heterocycles. The SMILES string of the molecule is O=C1NC(=O)C2(CC3CO3)NC(=O)NC2(CC2CO2)N1. The number of amides is 5. The average Bonchev–Trinajstić information content (AvgIpc) is 3.21. The first-order valence-corrected chi connectivity index (χ1v) is 6.50. The Balaban J connectivity index is 1.75. The molecule has 5 amide bonds. The lowest BCUT2D eigenvalue weighted by Crippen LogP contribution is -2.80. The van der Waals surface area contributed by atoms with Gasteiger partial charge in [-0.25, -0.2) is 9.59 Å². The van der Waals surface area contributed by atoms with Crippen LogP contribution in [0.15, 0.2) is 0 Å². The van der Waals surface area contributed by atoms with Crippen molar-refractivity contribution in [3.63, 3.8) is 0 Å². The number of epoxide rings is 2. The van der Waals surface area contributed by atoms with Crippen LogP contribution in [0.25, 0.3) is 0 Å². The number of fused-ring (bicyclic) bond motifs is 1. The lowest BCUT2D eigenvalue weighted by molar-refractivity contribution is -0.131. The predicted molar refractivity (Wildman–Crippen MR) is 62.5 cm³/mol. The molecular weight excluding hydrogens is 268 g/mol. The predicted octanol–water partition coefficient (Wildman–Crippen LogP) is -1.85. The van der Waals surface area contributed by atoms with Crippen molar-refractivity contribution in [2.75, 3.05) is 13.2 Å². The molecule has 4 unspecified atom stereocenters. The molecule has 0 aromatic rings. The molecule has 4 rings (SSSR count). The Morgan fingerprint density at radius 1 is 0.950 bits per heavy atom. The Morgan fingerprint density at radius 3 is 2.20 bits per heavy atom. The topological polar surface area (TPSA) is 124 Å². The van der Waals surface area contributed by atoms with Crippen LogP contribution in [0, 0.1) is 0 Å². The smallest absolute Gasteiger partial charge is 0.323 e. The summed E-state index contributed by atoms with van der Waals surface area (Å²) in [7, 11) is 0. The van der Waals surface area contributed by atoms with Gasteiger partial charge in [0.05, 0.1) is 25.4 Å². The van der Waals surface area contributed by atoms with E-state index in [9.17, 15) is 14.4 Å². The van der Waals surface area contributed by atoms with Crippen LogP contribution in [0.4, 0.5) is 9.59 Å². The van der Waals surface area contributed by atoms with Crippen molar-refractivity contribution >= 4 is 18.0 Å². The highest BCUT2D eigenvalue weighted by Crippen LogP contribution is 2.40. The van der Waals surface area contributed by atoms with E-state index in [0.29, 0.717) is 26.1 Å². The van der Waals surface area contributed by atoms with Gasteiger partial charge in [0.25, 0.3) is 5.91 Å². The zero-order chi connectivity index (χ0) is 14.0. The third-order valence-electron chi connectivity index (χ3n) is 4.20. The van der Waals surface area contributed by atoms with E-state index in [-0.39, 0.29) is 12.2 Å². The van der Waals surface area contributed by atoms with Crippen LogP contribution in [0.2, 0.25) is 0 Å². The number of rotatable bonds is 4. The second-order valence-corrected chi connectivity index (χ2v) is 5.62. The summed E-state index contributed by atoms with van der Waals surface area (Å²) in [5, 5.41) is 10.3. The third-order valence-corrected chi connectivity index (χ3v) is 4.20. The second kappa shape index (κ2) is 3.61. The van der Waals surface area contributed by atoms with Gasteiger partial charge in [-0.1, -0.05) is 0 Å². The van der Waals surface area contributed by atoms with E-state index >= 15 is 0 Å². The molecule has 9 heteroatoms. The van der Waals surface area contributed by atoms with Crippen molar-refractivity contribution in [3.8, 4) is 0 Å². The first kappa shape index (κ1) is 11.9. The first-order valence-electron chi connectivity index (χ1n) is 6.50. The van der Waals surface area contributed by atoms with Gasteiger partial charge >= 0.3 is 12.1 Å². The van der Waals surface area contributed by atoms with E-state index in [1.165, 1.54) is 0 Å². The Kier molecular flexibility index (Phi) is 2.15. The Hall–Kier alpha value is -1.87. The minimum absolute atomic E-state index is 0.0686. The molecule has 4 aliphatic rings. The van der Waals surface area contributed by atoms with Crippen molar-refractivity contribution in [1.29, 1.82) is 0 Å². The molecule has 4 saturated heterocycles. The summed E-state index contributed by atoms with van der Waals surface area (Å²) in [5.74, 6) is -0.518. The molecule has 4 atom stereocenters.